The van der Waals surface area contributed by atoms with Crippen LogP contribution in [0.3, 0.4) is 0 Å². The number of rotatable bonds is 5. The van der Waals surface area contributed by atoms with Crippen molar-refractivity contribution < 1.29 is 4.79 Å². The van der Waals surface area contributed by atoms with Gasteiger partial charge in [0.2, 0.25) is 5.91 Å². The van der Waals surface area contributed by atoms with Crippen molar-refractivity contribution in [3.8, 4) is 0 Å². The summed E-state index contributed by atoms with van der Waals surface area (Å²) in [5.41, 5.74) is 6.38. The third kappa shape index (κ3) is 3.71. The third-order valence-electron chi connectivity index (χ3n) is 4.49. The van der Waals surface area contributed by atoms with Gasteiger partial charge in [0.05, 0.1) is 6.04 Å². The Bertz CT molecular complexity index is 276. The number of nitrogens with two attached hydrogens (primary N) is 1. The van der Waals surface area contributed by atoms with Crippen molar-refractivity contribution >= 4 is 5.91 Å². The van der Waals surface area contributed by atoms with E-state index in [4.69, 9.17) is 5.73 Å². The van der Waals surface area contributed by atoms with E-state index in [0.717, 1.165) is 25.9 Å². The monoisotopic (exact) mass is 254 g/mol. The van der Waals surface area contributed by atoms with Crippen LogP contribution in [0.5, 0.6) is 0 Å². The molecule has 1 aliphatic heterocycles. The zero-order valence-corrected chi connectivity index (χ0v) is 12.5. The van der Waals surface area contributed by atoms with E-state index in [1.165, 1.54) is 19.3 Å². The first kappa shape index (κ1) is 15.5. The van der Waals surface area contributed by atoms with E-state index in [9.17, 15) is 4.79 Å². The van der Waals surface area contributed by atoms with E-state index in [1.54, 1.807) is 0 Å². The number of carbonyl (C=O) groups excluding carboxylic acids is 1. The highest BCUT2D eigenvalue weighted by molar-refractivity contribution is 5.82. The fourth-order valence-corrected chi connectivity index (χ4v) is 3.02. The van der Waals surface area contributed by atoms with Gasteiger partial charge in [0.25, 0.3) is 0 Å². The average Bonchev–Trinajstić information content (AvgIpc) is 2.36. The Balaban J connectivity index is 2.63. The van der Waals surface area contributed by atoms with Gasteiger partial charge in [-0.3, -0.25) is 4.79 Å². The van der Waals surface area contributed by atoms with Crippen LogP contribution in [-0.4, -0.2) is 29.9 Å². The van der Waals surface area contributed by atoms with Crippen molar-refractivity contribution in [1.29, 1.82) is 0 Å². The SMILES string of the molecule is CCCC1(C)CCCN(C(=O)C(N)C(C)CC)C1. The highest BCUT2D eigenvalue weighted by atomic mass is 16.2. The largest absolute Gasteiger partial charge is 0.341 e. The number of nitrogens with zero attached hydrogens (tertiary/aromatic N) is 1. The van der Waals surface area contributed by atoms with Gasteiger partial charge in [-0.25, -0.2) is 0 Å². The summed E-state index contributed by atoms with van der Waals surface area (Å²) in [5, 5.41) is 0. The Hall–Kier alpha value is -0.570. The normalized spacial score (nSPS) is 27.9. The predicted octanol–water partition coefficient (Wildman–Crippen LogP) is 2.79. The lowest BCUT2D eigenvalue weighted by Crippen LogP contribution is -2.52. The maximum atomic E-state index is 12.4. The first-order chi connectivity index (χ1) is 8.43. The second-order valence-corrected chi connectivity index (χ2v) is 6.34. The molecule has 3 unspecified atom stereocenters. The molecule has 3 heteroatoms. The Morgan fingerprint density at radius 1 is 1.44 bits per heavy atom. The summed E-state index contributed by atoms with van der Waals surface area (Å²) in [6, 6.07) is -0.320. The maximum absolute atomic E-state index is 12.4. The van der Waals surface area contributed by atoms with Gasteiger partial charge in [-0.1, -0.05) is 40.5 Å². The highest BCUT2D eigenvalue weighted by Crippen LogP contribution is 2.34. The standard InChI is InChI=1S/C15H30N2O/c1-5-8-15(4)9-7-10-17(11-15)14(18)13(16)12(3)6-2/h12-13H,5-11,16H2,1-4H3. The smallest absolute Gasteiger partial charge is 0.239 e. The Morgan fingerprint density at radius 3 is 2.67 bits per heavy atom. The Kier molecular flexibility index (Phi) is 5.64. The summed E-state index contributed by atoms with van der Waals surface area (Å²) in [6.07, 6.45) is 5.72. The fraction of sp³-hybridized carbons (Fsp3) is 0.933. The van der Waals surface area contributed by atoms with Crippen LogP contribution < -0.4 is 5.73 Å². The number of hydrogen-bond donors (Lipinski definition) is 1. The molecule has 1 rings (SSSR count). The van der Waals surface area contributed by atoms with E-state index in [1.807, 2.05) is 4.90 Å². The second-order valence-electron chi connectivity index (χ2n) is 6.34. The average molecular weight is 254 g/mol. The van der Waals surface area contributed by atoms with Crippen molar-refractivity contribution in [3.63, 3.8) is 0 Å². The summed E-state index contributed by atoms with van der Waals surface area (Å²) in [7, 11) is 0. The van der Waals surface area contributed by atoms with Gasteiger partial charge in [0.15, 0.2) is 0 Å². The summed E-state index contributed by atoms with van der Waals surface area (Å²) in [4.78, 5) is 14.4. The van der Waals surface area contributed by atoms with Crippen LogP contribution in [0.2, 0.25) is 0 Å². The number of carbonyl (C=O) groups is 1. The third-order valence-corrected chi connectivity index (χ3v) is 4.49. The first-order valence-electron chi connectivity index (χ1n) is 7.48. The van der Waals surface area contributed by atoms with E-state index in [-0.39, 0.29) is 17.9 Å². The zero-order valence-electron chi connectivity index (χ0n) is 12.5. The topological polar surface area (TPSA) is 46.3 Å². The molecular weight excluding hydrogens is 224 g/mol. The lowest BCUT2D eigenvalue weighted by atomic mass is 9.78. The van der Waals surface area contributed by atoms with Crippen LogP contribution in [0.1, 0.15) is 59.8 Å². The highest BCUT2D eigenvalue weighted by Gasteiger charge is 2.34. The molecule has 106 valence electrons. The Morgan fingerprint density at radius 2 is 2.11 bits per heavy atom. The minimum absolute atomic E-state index is 0.159. The molecule has 0 spiro atoms. The first-order valence-corrected chi connectivity index (χ1v) is 7.48. The van der Waals surface area contributed by atoms with Crippen LogP contribution in [-0.2, 0) is 4.79 Å². The zero-order chi connectivity index (χ0) is 13.8. The molecule has 0 radical (unpaired) electrons. The molecule has 3 nitrogen and oxygen atoms in total. The van der Waals surface area contributed by atoms with Gasteiger partial charge < -0.3 is 10.6 Å². The van der Waals surface area contributed by atoms with Crippen molar-refractivity contribution in [2.45, 2.75) is 65.8 Å². The van der Waals surface area contributed by atoms with Gasteiger partial charge >= 0.3 is 0 Å². The molecule has 1 fully saturated rings. The minimum atomic E-state index is -0.320. The summed E-state index contributed by atoms with van der Waals surface area (Å²) in [5.74, 6) is 0.434. The van der Waals surface area contributed by atoms with Crippen molar-refractivity contribution in [3.05, 3.63) is 0 Å². The summed E-state index contributed by atoms with van der Waals surface area (Å²) < 4.78 is 0. The molecule has 0 aromatic carbocycles. The molecular formula is C15H30N2O. The number of piperidine rings is 1. The molecule has 1 aliphatic rings. The van der Waals surface area contributed by atoms with Gasteiger partial charge in [0.1, 0.15) is 0 Å². The molecule has 2 N–H and O–H groups in total. The van der Waals surface area contributed by atoms with Crippen LogP contribution in [0, 0.1) is 11.3 Å². The van der Waals surface area contributed by atoms with Crippen LogP contribution >= 0.6 is 0 Å². The van der Waals surface area contributed by atoms with Crippen molar-refractivity contribution in [2.24, 2.45) is 17.1 Å². The molecule has 1 amide bonds. The molecule has 3 atom stereocenters. The fourth-order valence-electron chi connectivity index (χ4n) is 3.02. The second kappa shape index (κ2) is 6.55. The van der Waals surface area contributed by atoms with Gasteiger partial charge in [-0.15, -0.1) is 0 Å². The minimum Gasteiger partial charge on any atom is -0.341 e. The van der Waals surface area contributed by atoms with Crippen molar-refractivity contribution in [2.75, 3.05) is 13.1 Å². The number of amides is 1. The van der Waals surface area contributed by atoms with E-state index >= 15 is 0 Å². The molecule has 18 heavy (non-hydrogen) atoms. The van der Waals surface area contributed by atoms with Crippen LogP contribution in [0.25, 0.3) is 0 Å². The summed E-state index contributed by atoms with van der Waals surface area (Å²) in [6.45, 7) is 10.5. The van der Waals surface area contributed by atoms with Crippen LogP contribution in [0.4, 0.5) is 0 Å². The number of hydrogen-bond acceptors (Lipinski definition) is 2. The van der Waals surface area contributed by atoms with Gasteiger partial charge in [0, 0.05) is 13.1 Å². The maximum Gasteiger partial charge on any atom is 0.239 e. The summed E-state index contributed by atoms with van der Waals surface area (Å²) >= 11 is 0. The van der Waals surface area contributed by atoms with E-state index in [0.29, 0.717) is 5.41 Å². The molecule has 0 aromatic rings. The molecule has 0 aromatic heterocycles. The lowest BCUT2D eigenvalue weighted by Gasteiger charge is -2.42. The molecule has 1 saturated heterocycles. The Labute approximate surface area is 112 Å². The molecule has 1 heterocycles. The van der Waals surface area contributed by atoms with E-state index < -0.39 is 0 Å². The molecule has 0 saturated carbocycles. The van der Waals surface area contributed by atoms with Crippen molar-refractivity contribution in [1.82, 2.24) is 4.90 Å². The predicted molar refractivity (Wildman–Crippen MR) is 76.3 cm³/mol. The van der Waals surface area contributed by atoms with E-state index in [2.05, 4.69) is 27.7 Å². The van der Waals surface area contributed by atoms with Gasteiger partial charge in [-0.2, -0.15) is 0 Å². The lowest BCUT2D eigenvalue weighted by molar-refractivity contribution is -0.137. The quantitative estimate of drug-likeness (QED) is 0.820. The molecule has 0 aliphatic carbocycles. The van der Waals surface area contributed by atoms with Crippen LogP contribution in [0.15, 0.2) is 0 Å². The molecule has 0 bridgehead atoms. The number of likely N-dealkylation sites (tertiary alicyclic amines) is 1. The van der Waals surface area contributed by atoms with Gasteiger partial charge in [-0.05, 0) is 30.6 Å².